The van der Waals surface area contributed by atoms with Crippen LogP contribution in [0.4, 0.5) is 0 Å². The van der Waals surface area contributed by atoms with E-state index in [2.05, 4.69) is 4.90 Å². The quantitative estimate of drug-likeness (QED) is 0.657. The minimum absolute atomic E-state index is 0.191. The predicted octanol–water partition coefficient (Wildman–Crippen LogP) is -0.371. The van der Waals surface area contributed by atoms with Gasteiger partial charge >= 0.3 is 0 Å². The molecule has 4 N–H and O–H groups in total. The third kappa shape index (κ3) is 3.14. The predicted molar refractivity (Wildman–Crippen MR) is 68.4 cm³/mol. The summed E-state index contributed by atoms with van der Waals surface area (Å²) in [4.78, 5) is 14.0. The number of ether oxygens (including phenoxy) is 1. The Labute approximate surface area is 106 Å². The molecule has 0 aromatic rings. The first-order valence-corrected chi connectivity index (χ1v) is 6.33. The molecule has 1 aliphatic heterocycles. The lowest BCUT2D eigenvalue weighted by Crippen LogP contribution is -2.54. The molecule has 0 radical (unpaired) electrons. The molecule has 5 nitrogen and oxygen atoms in total. The van der Waals surface area contributed by atoms with Crippen LogP contribution in [-0.4, -0.2) is 48.1 Å². The molecule has 1 atom stereocenters. The van der Waals surface area contributed by atoms with E-state index in [0.29, 0.717) is 18.2 Å². The van der Waals surface area contributed by atoms with Gasteiger partial charge in [0.2, 0.25) is 5.91 Å². The van der Waals surface area contributed by atoms with Crippen molar-refractivity contribution in [3.63, 3.8) is 0 Å². The van der Waals surface area contributed by atoms with Gasteiger partial charge in [-0.25, -0.2) is 0 Å². The van der Waals surface area contributed by atoms with Crippen LogP contribution in [0.5, 0.6) is 0 Å². The summed E-state index contributed by atoms with van der Waals surface area (Å²) in [6.07, 6.45) is 3.03. The smallest absolute Gasteiger partial charge is 0.237 e. The first kappa shape index (κ1) is 12.7. The summed E-state index contributed by atoms with van der Waals surface area (Å²) in [5, 5.41) is 0. The van der Waals surface area contributed by atoms with Gasteiger partial charge in [0.1, 0.15) is 6.04 Å². The normalized spacial score (nSPS) is 27.6. The fraction of sp³-hybridized carbons (Fsp3) is 0.818. The van der Waals surface area contributed by atoms with E-state index in [0.717, 1.165) is 32.4 Å². The highest BCUT2D eigenvalue weighted by Gasteiger charge is 2.46. The molecule has 2 aliphatic rings. The molecule has 1 aliphatic carbocycles. The third-order valence-electron chi connectivity index (χ3n) is 3.61. The van der Waals surface area contributed by atoms with Crippen molar-refractivity contribution < 1.29 is 9.53 Å². The maximum absolute atomic E-state index is 11.3. The molecule has 1 unspecified atom stereocenters. The lowest BCUT2D eigenvalue weighted by atomic mass is 10.0. The molecule has 0 spiro atoms. The number of amides is 1. The van der Waals surface area contributed by atoms with Gasteiger partial charge in [0.15, 0.2) is 0 Å². The van der Waals surface area contributed by atoms with E-state index in [1.165, 1.54) is 0 Å². The molecule has 2 rings (SSSR count). The largest absolute Gasteiger partial charge is 0.393 e. The first-order valence-electron chi connectivity index (χ1n) is 5.92. The molecule has 2 fully saturated rings. The van der Waals surface area contributed by atoms with Gasteiger partial charge in [-0.2, -0.15) is 0 Å². The van der Waals surface area contributed by atoms with Crippen LogP contribution >= 0.6 is 12.2 Å². The fourth-order valence-electron chi connectivity index (χ4n) is 2.46. The molecule has 0 aromatic carbocycles. The Morgan fingerprint density at radius 2 is 2.18 bits per heavy atom. The van der Waals surface area contributed by atoms with E-state index >= 15 is 0 Å². The second kappa shape index (κ2) is 4.88. The first-order chi connectivity index (χ1) is 8.02. The summed E-state index contributed by atoms with van der Waals surface area (Å²) in [5.74, 6) is -0.309. The number of carbonyl (C=O) groups excluding carboxylic acids is 1. The molecule has 1 saturated heterocycles. The zero-order valence-electron chi connectivity index (χ0n) is 9.85. The Morgan fingerprint density at radius 1 is 1.47 bits per heavy atom. The van der Waals surface area contributed by atoms with Crippen LogP contribution in [0, 0.1) is 5.41 Å². The molecular weight excluding hydrogens is 238 g/mol. The molecule has 1 saturated carbocycles. The van der Waals surface area contributed by atoms with Crippen LogP contribution in [-0.2, 0) is 9.53 Å². The van der Waals surface area contributed by atoms with Crippen molar-refractivity contribution in [3.05, 3.63) is 0 Å². The average molecular weight is 257 g/mol. The van der Waals surface area contributed by atoms with Gasteiger partial charge in [-0.3, -0.25) is 9.69 Å². The van der Waals surface area contributed by atoms with E-state index < -0.39 is 0 Å². The maximum atomic E-state index is 11.3. The van der Waals surface area contributed by atoms with Gasteiger partial charge in [0, 0.05) is 19.5 Å². The van der Waals surface area contributed by atoms with Gasteiger partial charge in [0.05, 0.1) is 18.2 Å². The number of primary amides is 1. The van der Waals surface area contributed by atoms with Crippen LogP contribution in [0.2, 0.25) is 0 Å². The van der Waals surface area contributed by atoms with Crippen molar-refractivity contribution in [1.29, 1.82) is 0 Å². The van der Waals surface area contributed by atoms with E-state index in [-0.39, 0.29) is 17.4 Å². The van der Waals surface area contributed by atoms with Crippen LogP contribution in [0.3, 0.4) is 0 Å². The van der Waals surface area contributed by atoms with Gasteiger partial charge in [-0.05, 0) is 18.3 Å². The Bertz CT molecular complexity index is 331. The molecule has 0 bridgehead atoms. The van der Waals surface area contributed by atoms with Crippen molar-refractivity contribution in [2.24, 2.45) is 16.9 Å². The summed E-state index contributed by atoms with van der Waals surface area (Å²) in [6.45, 7) is 2.67. The van der Waals surface area contributed by atoms with Crippen molar-refractivity contribution in [3.8, 4) is 0 Å². The molecule has 1 amide bonds. The highest BCUT2D eigenvalue weighted by molar-refractivity contribution is 7.80. The molecule has 6 heteroatoms. The summed E-state index contributed by atoms with van der Waals surface area (Å²) in [6, 6.07) is -0.299. The highest BCUT2D eigenvalue weighted by atomic mass is 32.1. The fourth-order valence-corrected chi connectivity index (χ4v) is 2.76. The number of thiocarbonyl (C=S) groups is 1. The van der Waals surface area contributed by atoms with E-state index in [9.17, 15) is 4.79 Å². The Kier molecular flexibility index (Phi) is 3.65. The minimum atomic E-state index is -0.309. The molecule has 17 heavy (non-hydrogen) atoms. The second-order valence-corrected chi connectivity index (χ2v) is 5.63. The minimum Gasteiger partial charge on any atom is -0.393 e. The van der Waals surface area contributed by atoms with Crippen molar-refractivity contribution in [2.45, 2.75) is 25.3 Å². The summed E-state index contributed by atoms with van der Waals surface area (Å²) >= 11 is 4.98. The van der Waals surface area contributed by atoms with Gasteiger partial charge in [0.25, 0.3) is 0 Å². The Hall–Kier alpha value is -0.720. The van der Waals surface area contributed by atoms with Gasteiger partial charge in [-0.1, -0.05) is 12.2 Å². The van der Waals surface area contributed by atoms with E-state index in [1.54, 1.807) is 0 Å². The monoisotopic (exact) mass is 257 g/mol. The van der Waals surface area contributed by atoms with E-state index in [4.69, 9.17) is 28.4 Å². The number of nitrogens with zero attached hydrogens (tertiary/aromatic N) is 1. The van der Waals surface area contributed by atoms with E-state index in [1.807, 2.05) is 0 Å². The van der Waals surface area contributed by atoms with Crippen molar-refractivity contribution in [2.75, 3.05) is 26.3 Å². The van der Waals surface area contributed by atoms with Crippen LogP contribution in [0.25, 0.3) is 0 Å². The Morgan fingerprint density at radius 3 is 2.71 bits per heavy atom. The molecule has 96 valence electrons. The maximum Gasteiger partial charge on any atom is 0.237 e. The summed E-state index contributed by atoms with van der Waals surface area (Å²) < 4.78 is 5.30. The number of carbonyl (C=O) groups is 1. The number of morpholine rings is 1. The second-order valence-electron chi connectivity index (χ2n) is 5.11. The van der Waals surface area contributed by atoms with Gasteiger partial charge in [-0.15, -0.1) is 0 Å². The number of hydrogen-bond donors (Lipinski definition) is 2. The molecular formula is C11H19N3O2S. The SMILES string of the molecule is NC(=O)C1COCCN1CC1(CC(N)=S)CC1. The number of nitrogens with two attached hydrogens (primary N) is 2. The standard InChI is InChI=1S/C11H19N3O2S/c12-9(17)5-11(1-2-11)7-14-3-4-16-6-8(14)10(13)15/h8H,1-7H2,(H2,12,17)(H2,13,15). The third-order valence-corrected chi connectivity index (χ3v) is 3.76. The highest BCUT2D eigenvalue weighted by Crippen LogP contribution is 2.49. The zero-order chi connectivity index (χ0) is 12.5. The van der Waals surface area contributed by atoms with Crippen molar-refractivity contribution >= 4 is 23.1 Å². The van der Waals surface area contributed by atoms with Gasteiger partial charge < -0.3 is 16.2 Å². The lowest BCUT2D eigenvalue weighted by molar-refractivity contribution is -0.129. The summed E-state index contributed by atoms with van der Waals surface area (Å²) in [5.41, 5.74) is 11.2. The Balaban J connectivity index is 1.96. The number of rotatable bonds is 5. The molecule has 1 heterocycles. The zero-order valence-corrected chi connectivity index (χ0v) is 10.7. The lowest BCUT2D eigenvalue weighted by Gasteiger charge is -2.36. The van der Waals surface area contributed by atoms with Crippen LogP contribution in [0.1, 0.15) is 19.3 Å². The average Bonchev–Trinajstić information content (AvgIpc) is 2.97. The number of hydrogen-bond acceptors (Lipinski definition) is 4. The topological polar surface area (TPSA) is 81.6 Å². The van der Waals surface area contributed by atoms with Crippen LogP contribution in [0.15, 0.2) is 0 Å². The summed E-state index contributed by atoms with van der Waals surface area (Å²) in [7, 11) is 0. The molecule has 0 aromatic heterocycles. The van der Waals surface area contributed by atoms with Crippen LogP contribution < -0.4 is 11.5 Å². The van der Waals surface area contributed by atoms with Crippen molar-refractivity contribution in [1.82, 2.24) is 4.90 Å².